The Balaban J connectivity index is 1.61. The molecule has 1 aliphatic rings. The van der Waals surface area contributed by atoms with Crippen LogP contribution in [0.15, 0.2) is 48.5 Å². The Hall–Kier alpha value is -2.33. The minimum atomic E-state index is -0.433. The number of hydrogen-bond acceptors (Lipinski definition) is 3. The summed E-state index contributed by atoms with van der Waals surface area (Å²) in [5, 5.41) is 0. The molecule has 1 heterocycles. The van der Waals surface area contributed by atoms with Gasteiger partial charge in [-0.1, -0.05) is 12.1 Å². The number of benzene rings is 2. The van der Waals surface area contributed by atoms with Gasteiger partial charge in [0.15, 0.2) is 0 Å². The third-order valence-corrected chi connectivity index (χ3v) is 4.37. The van der Waals surface area contributed by atoms with Crippen LogP contribution in [0, 0.1) is 0 Å². The second-order valence-corrected chi connectivity index (χ2v) is 6.10. The molecule has 0 bridgehead atoms. The first-order valence-corrected chi connectivity index (χ1v) is 8.02. The molecular weight excluding hydrogens is 288 g/mol. The number of nitrogens with zero attached hydrogens (tertiary/aromatic N) is 1. The standard InChI is InChI=1S/C19H22N2O2/c1-14-3-2-12-21(14)13-15-4-8-17(9-5-15)23-18-10-6-16(7-11-18)19(20)22/h4-11,14H,2-3,12-13H2,1H3,(H2,20,22)/t14-/m1/s1. The van der Waals surface area contributed by atoms with Crippen LogP contribution in [0.3, 0.4) is 0 Å². The van der Waals surface area contributed by atoms with E-state index in [1.165, 1.54) is 24.9 Å². The molecule has 0 aliphatic carbocycles. The Morgan fingerprint density at radius 1 is 1.13 bits per heavy atom. The number of amides is 1. The van der Waals surface area contributed by atoms with Crippen LogP contribution in [0.25, 0.3) is 0 Å². The fourth-order valence-corrected chi connectivity index (χ4v) is 2.95. The predicted molar refractivity (Wildman–Crippen MR) is 90.6 cm³/mol. The second-order valence-electron chi connectivity index (χ2n) is 6.10. The summed E-state index contributed by atoms with van der Waals surface area (Å²) in [5.41, 5.74) is 7.01. The van der Waals surface area contributed by atoms with Crippen LogP contribution >= 0.6 is 0 Å². The molecule has 1 amide bonds. The van der Waals surface area contributed by atoms with E-state index in [0.717, 1.165) is 12.3 Å². The Labute approximate surface area is 136 Å². The maximum absolute atomic E-state index is 11.1. The van der Waals surface area contributed by atoms with Crippen molar-refractivity contribution < 1.29 is 9.53 Å². The zero-order valence-electron chi connectivity index (χ0n) is 13.4. The van der Waals surface area contributed by atoms with Crippen molar-refractivity contribution >= 4 is 5.91 Å². The molecule has 3 rings (SSSR count). The van der Waals surface area contributed by atoms with Crippen molar-refractivity contribution in [1.82, 2.24) is 4.90 Å². The highest BCUT2D eigenvalue weighted by atomic mass is 16.5. The number of nitrogens with two attached hydrogens (primary N) is 1. The molecule has 0 saturated carbocycles. The highest BCUT2D eigenvalue weighted by molar-refractivity contribution is 5.92. The first-order valence-electron chi connectivity index (χ1n) is 8.02. The SMILES string of the molecule is C[C@@H]1CCCN1Cc1ccc(Oc2ccc(C(N)=O)cc2)cc1. The van der Waals surface area contributed by atoms with Crippen molar-refractivity contribution in [3.05, 3.63) is 59.7 Å². The van der Waals surface area contributed by atoms with E-state index in [4.69, 9.17) is 10.5 Å². The monoisotopic (exact) mass is 310 g/mol. The van der Waals surface area contributed by atoms with E-state index in [1.807, 2.05) is 12.1 Å². The first kappa shape index (κ1) is 15.6. The number of hydrogen-bond donors (Lipinski definition) is 1. The third-order valence-electron chi connectivity index (χ3n) is 4.37. The average molecular weight is 310 g/mol. The highest BCUT2D eigenvalue weighted by Gasteiger charge is 2.19. The smallest absolute Gasteiger partial charge is 0.248 e. The molecule has 1 saturated heterocycles. The maximum atomic E-state index is 11.1. The molecule has 0 unspecified atom stereocenters. The first-order chi connectivity index (χ1) is 11.1. The van der Waals surface area contributed by atoms with Gasteiger partial charge in [-0.3, -0.25) is 9.69 Å². The quantitative estimate of drug-likeness (QED) is 0.918. The lowest BCUT2D eigenvalue weighted by Gasteiger charge is -2.21. The van der Waals surface area contributed by atoms with E-state index in [1.54, 1.807) is 24.3 Å². The topological polar surface area (TPSA) is 55.6 Å². The summed E-state index contributed by atoms with van der Waals surface area (Å²) in [4.78, 5) is 13.6. The van der Waals surface area contributed by atoms with Crippen molar-refractivity contribution in [2.45, 2.75) is 32.4 Å². The lowest BCUT2D eigenvalue weighted by Crippen LogP contribution is -2.26. The van der Waals surface area contributed by atoms with E-state index in [-0.39, 0.29) is 0 Å². The van der Waals surface area contributed by atoms with E-state index in [9.17, 15) is 4.79 Å². The summed E-state index contributed by atoms with van der Waals surface area (Å²) in [6, 6.07) is 15.7. The minimum absolute atomic E-state index is 0.433. The van der Waals surface area contributed by atoms with Crippen LogP contribution in [0.1, 0.15) is 35.7 Å². The van der Waals surface area contributed by atoms with Crippen molar-refractivity contribution in [2.75, 3.05) is 6.54 Å². The summed E-state index contributed by atoms with van der Waals surface area (Å²) < 4.78 is 5.79. The van der Waals surface area contributed by atoms with Gasteiger partial charge in [-0.15, -0.1) is 0 Å². The van der Waals surface area contributed by atoms with Crippen molar-refractivity contribution in [3.63, 3.8) is 0 Å². The Morgan fingerprint density at radius 2 is 1.74 bits per heavy atom. The zero-order chi connectivity index (χ0) is 16.2. The van der Waals surface area contributed by atoms with Gasteiger partial charge in [0.25, 0.3) is 0 Å². The number of primary amides is 1. The lowest BCUT2D eigenvalue weighted by molar-refractivity contribution is 0.100. The molecule has 1 atom stereocenters. The fourth-order valence-electron chi connectivity index (χ4n) is 2.95. The van der Waals surface area contributed by atoms with Gasteiger partial charge in [-0.05, 0) is 68.3 Å². The molecule has 23 heavy (non-hydrogen) atoms. The van der Waals surface area contributed by atoms with E-state index < -0.39 is 5.91 Å². The van der Waals surface area contributed by atoms with Gasteiger partial charge in [0.2, 0.25) is 5.91 Å². The van der Waals surface area contributed by atoms with Gasteiger partial charge in [0.1, 0.15) is 11.5 Å². The largest absolute Gasteiger partial charge is 0.457 e. The van der Waals surface area contributed by atoms with Crippen LogP contribution in [-0.2, 0) is 6.54 Å². The normalized spacial score (nSPS) is 18.0. The van der Waals surface area contributed by atoms with Crippen molar-refractivity contribution in [3.8, 4) is 11.5 Å². The van der Waals surface area contributed by atoms with E-state index in [2.05, 4.69) is 24.0 Å². The van der Waals surface area contributed by atoms with Crippen LogP contribution in [-0.4, -0.2) is 23.4 Å². The Morgan fingerprint density at radius 3 is 2.26 bits per heavy atom. The molecule has 4 heteroatoms. The summed E-state index contributed by atoms with van der Waals surface area (Å²) in [6.07, 6.45) is 2.59. The van der Waals surface area contributed by atoms with Gasteiger partial charge < -0.3 is 10.5 Å². The molecule has 2 N–H and O–H groups in total. The zero-order valence-corrected chi connectivity index (χ0v) is 13.4. The number of carbonyl (C=O) groups excluding carboxylic acids is 1. The van der Waals surface area contributed by atoms with Gasteiger partial charge >= 0.3 is 0 Å². The van der Waals surface area contributed by atoms with Crippen LogP contribution in [0.5, 0.6) is 11.5 Å². The number of likely N-dealkylation sites (tertiary alicyclic amines) is 1. The van der Waals surface area contributed by atoms with Gasteiger partial charge in [0, 0.05) is 18.2 Å². The molecule has 120 valence electrons. The van der Waals surface area contributed by atoms with Gasteiger partial charge in [-0.2, -0.15) is 0 Å². The lowest BCUT2D eigenvalue weighted by atomic mass is 10.2. The second kappa shape index (κ2) is 6.84. The predicted octanol–water partition coefficient (Wildman–Crippen LogP) is 3.56. The number of rotatable bonds is 5. The molecule has 2 aromatic carbocycles. The molecule has 1 aliphatic heterocycles. The van der Waals surface area contributed by atoms with Crippen LogP contribution in [0.4, 0.5) is 0 Å². The summed E-state index contributed by atoms with van der Waals surface area (Å²) in [6.45, 7) is 4.47. The molecule has 4 nitrogen and oxygen atoms in total. The summed E-state index contributed by atoms with van der Waals surface area (Å²) in [5.74, 6) is 1.04. The number of carbonyl (C=O) groups is 1. The van der Waals surface area contributed by atoms with E-state index >= 15 is 0 Å². The fraction of sp³-hybridized carbons (Fsp3) is 0.316. The average Bonchev–Trinajstić information content (AvgIpc) is 2.95. The Kier molecular flexibility index (Phi) is 4.63. The molecular formula is C19H22N2O2. The third kappa shape index (κ3) is 3.90. The van der Waals surface area contributed by atoms with E-state index in [0.29, 0.717) is 17.4 Å². The van der Waals surface area contributed by atoms with Crippen molar-refractivity contribution in [2.24, 2.45) is 5.73 Å². The molecule has 2 aromatic rings. The Bertz CT molecular complexity index is 665. The van der Waals surface area contributed by atoms with Gasteiger partial charge in [0.05, 0.1) is 0 Å². The molecule has 1 fully saturated rings. The molecule has 0 spiro atoms. The minimum Gasteiger partial charge on any atom is -0.457 e. The summed E-state index contributed by atoms with van der Waals surface area (Å²) in [7, 11) is 0. The summed E-state index contributed by atoms with van der Waals surface area (Å²) >= 11 is 0. The number of ether oxygens (including phenoxy) is 1. The highest BCUT2D eigenvalue weighted by Crippen LogP contribution is 2.24. The van der Waals surface area contributed by atoms with Crippen LogP contribution < -0.4 is 10.5 Å². The molecule has 0 aromatic heterocycles. The van der Waals surface area contributed by atoms with Gasteiger partial charge in [-0.25, -0.2) is 0 Å². The van der Waals surface area contributed by atoms with Crippen LogP contribution in [0.2, 0.25) is 0 Å². The molecule has 0 radical (unpaired) electrons. The van der Waals surface area contributed by atoms with Crippen molar-refractivity contribution in [1.29, 1.82) is 0 Å². The maximum Gasteiger partial charge on any atom is 0.248 e.